The number of hydrogen-bond acceptors (Lipinski definition) is 4. The summed E-state index contributed by atoms with van der Waals surface area (Å²) in [6.07, 6.45) is 2.68. The second kappa shape index (κ2) is 4.58. The van der Waals surface area contributed by atoms with Crippen molar-refractivity contribution < 1.29 is 19.8 Å². The predicted octanol–water partition coefficient (Wildman–Crippen LogP) is -0.607. The number of rotatable bonds is 5. The van der Waals surface area contributed by atoms with Crippen LogP contribution < -0.4 is 5.73 Å². The Bertz CT molecular complexity index is 438. The van der Waals surface area contributed by atoms with Gasteiger partial charge in [0.05, 0.1) is 12.0 Å². The van der Waals surface area contributed by atoms with Gasteiger partial charge in [-0.2, -0.15) is 0 Å². The number of carboxylic acids is 2. The van der Waals surface area contributed by atoms with E-state index in [4.69, 9.17) is 15.9 Å². The van der Waals surface area contributed by atoms with Gasteiger partial charge in [-0.25, -0.2) is 9.78 Å². The third kappa shape index (κ3) is 2.67. The number of hydrogen-bond donors (Lipinski definition) is 3. The Hall–Kier alpha value is -2.15. The van der Waals surface area contributed by atoms with Gasteiger partial charge in [0.15, 0.2) is 0 Å². The lowest BCUT2D eigenvalue weighted by Gasteiger charge is -2.02. The normalized spacial score (nSPS) is 12.1. The van der Waals surface area contributed by atoms with E-state index in [9.17, 15) is 9.59 Å². The van der Waals surface area contributed by atoms with Crippen LogP contribution in [0.3, 0.4) is 0 Å². The second-order valence-corrected chi connectivity index (χ2v) is 3.17. The third-order valence-electron chi connectivity index (χ3n) is 1.94. The van der Waals surface area contributed by atoms with Crippen molar-refractivity contribution in [3.05, 3.63) is 24.8 Å². The molecule has 0 saturated carbocycles. The summed E-state index contributed by atoms with van der Waals surface area (Å²) in [4.78, 5) is 24.9. The maximum Gasteiger partial charge on any atom is 0.352 e. The third-order valence-corrected chi connectivity index (χ3v) is 1.94. The molecule has 0 aliphatic rings. The Labute approximate surface area is 90.8 Å². The molecule has 0 radical (unpaired) electrons. The van der Waals surface area contributed by atoms with Gasteiger partial charge in [0, 0.05) is 12.6 Å². The van der Waals surface area contributed by atoms with Gasteiger partial charge < -0.3 is 20.5 Å². The first kappa shape index (κ1) is 11.9. The van der Waals surface area contributed by atoms with E-state index in [1.807, 2.05) is 0 Å². The fourth-order valence-corrected chi connectivity index (χ4v) is 1.04. The monoisotopic (exact) mass is 225 g/mol. The van der Waals surface area contributed by atoms with Crippen molar-refractivity contribution in [2.24, 2.45) is 5.73 Å². The number of aromatic nitrogens is 2. The van der Waals surface area contributed by atoms with Crippen molar-refractivity contribution >= 4 is 17.6 Å². The topological polar surface area (TPSA) is 118 Å². The van der Waals surface area contributed by atoms with Crippen LogP contribution in [0.4, 0.5) is 0 Å². The molecule has 16 heavy (non-hydrogen) atoms. The molecule has 86 valence electrons. The largest absolute Gasteiger partial charge is 0.480 e. The molecule has 0 unspecified atom stereocenters. The Morgan fingerprint density at radius 3 is 2.69 bits per heavy atom. The van der Waals surface area contributed by atoms with Crippen molar-refractivity contribution in [1.82, 2.24) is 9.55 Å². The summed E-state index contributed by atoms with van der Waals surface area (Å²) in [6.45, 7) is 3.33. The SMILES string of the molecule is C=C(C(=O)O)n1cnc(C[C@H](N)C(=O)O)c1. The fourth-order valence-electron chi connectivity index (χ4n) is 1.04. The van der Waals surface area contributed by atoms with E-state index < -0.39 is 18.0 Å². The lowest BCUT2D eigenvalue weighted by molar-refractivity contribution is -0.138. The molecule has 0 aliphatic heterocycles. The van der Waals surface area contributed by atoms with Crippen molar-refractivity contribution in [1.29, 1.82) is 0 Å². The highest BCUT2D eigenvalue weighted by atomic mass is 16.4. The van der Waals surface area contributed by atoms with Gasteiger partial charge in [-0.1, -0.05) is 6.58 Å². The minimum atomic E-state index is -1.17. The second-order valence-electron chi connectivity index (χ2n) is 3.17. The molecular formula is C9H11N3O4. The molecule has 1 heterocycles. The minimum absolute atomic E-state index is 0.0369. The number of carboxylic acid groups (broad SMARTS) is 2. The highest BCUT2D eigenvalue weighted by molar-refractivity contribution is 6.07. The number of aliphatic carboxylic acids is 2. The molecule has 7 nitrogen and oxygen atoms in total. The molecule has 0 fully saturated rings. The zero-order chi connectivity index (χ0) is 12.3. The van der Waals surface area contributed by atoms with Crippen LogP contribution in [0.25, 0.3) is 5.70 Å². The summed E-state index contributed by atoms with van der Waals surface area (Å²) in [5.41, 5.74) is 5.54. The van der Waals surface area contributed by atoms with E-state index >= 15 is 0 Å². The van der Waals surface area contributed by atoms with Crippen LogP contribution in [-0.4, -0.2) is 37.7 Å². The molecule has 1 aromatic rings. The van der Waals surface area contributed by atoms with Crippen LogP contribution in [0.5, 0.6) is 0 Å². The number of nitrogens with two attached hydrogens (primary N) is 1. The smallest absolute Gasteiger partial charge is 0.352 e. The molecule has 0 aliphatic carbocycles. The average molecular weight is 225 g/mol. The van der Waals surface area contributed by atoms with E-state index in [-0.39, 0.29) is 12.1 Å². The van der Waals surface area contributed by atoms with Crippen molar-refractivity contribution in [3.63, 3.8) is 0 Å². The van der Waals surface area contributed by atoms with Crippen LogP contribution >= 0.6 is 0 Å². The molecule has 0 saturated heterocycles. The zero-order valence-corrected chi connectivity index (χ0v) is 8.33. The van der Waals surface area contributed by atoms with Crippen molar-refractivity contribution in [2.75, 3.05) is 0 Å². The number of carbonyl (C=O) groups is 2. The Morgan fingerprint density at radius 1 is 1.56 bits per heavy atom. The maximum atomic E-state index is 10.6. The van der Waals surface area contributed by atoms with Gasteiger partial charge in [-0.05, 0) is 0 Å². The first-order valence-electron chi connectivity index (χ1n) is 4.35. The molecule has 0 aromatic carbocycles. The molecule has 4 N–H and O–H groups in total. The average Bonchev–Trinajstić information content (AvgIpc) is 2.64. The van der Waals surface area contributed by atoms with Gasteiger partial charge in [0.25, 0.3) is 0 Å². The van der Waals surface area contributed by atoms with E-state index in [1.165, 1.54) is 17.1 Å². The number of nitrogens with zero attached hydrogens (tertiary/aromatic N) is 2. The first-order valence-corrected chi connectivity index (χ1v) is 4.35. The Morgan fingerprint density at radius 2 is 2.19 bits per heavy atom. The molecule has 1 rings (SSSR count). The zero-order valence-electron chi connectivity index (χ0n) is 8.33. The van der Waals surface area contributed by atoms with Crippen LogP contribution in [0, 0.1) is 0 Å². The molecule has 0 amide bonds. The fraction of sp³-hybridized carbons (Fsp3) is 0.222. The van der Waals surface area contributed by atoms with Crippen LogP contribution in [0.2, 0.25) is 0 Å². The van der Waals surface area contributed by atoms with E-state index in [1.54, 1.807) is 0 Å². The van der Waals surface area contributed by atoms with Crippen molar-refractivity contribution in [3.8, 4) is 0 Å². The summed E-state index contributed by atoms with van der Waals surface area (Å²) in [5.74, 6) is -2.31. The van der Waals surface area contributed by atoms with E-state index in [2.05, 4.69) is 11.6 Å². The van der Waals surface area contributed by atoms with Gasteiger partial charge in [-0.3, -0.25) is 4.79 Å². The highest BCUT2D eigenvalue weighted by Crippen LogP contribution is 2.05. The number of imidazole rings is 1. The van der Waals surface area contributed by atoms with Gasteiger partial charge in [0.2, 0.25) is 0 Å². The van der Waals surface area contributed by atoms with Gasteiger partial charge >= 0.3 is 11.9 Å². The van der Waals surface area contributed by atoms with E-state index in [0.717, 1.165) is 0 Å². The summed E-state index contributed by atoms with van der Waals surface area (Å²) in [5, 5.41) is 17.2. The summed E-state index contributed by atoms with van der Waals surface area (Å²) in [7, 11) is 0. The molecule has 0 bridgehead atoms. The van der Waals surface area contributed by atoms with Crippen LogP contribution in [0.15, 0.2) is 19.1 Å². The lowest BCUT2D eigenvalue weighted by Crippen LogP contribution is -2.32. The molecule has 0 spiro atoms. The van der Waals surface area contributed by atoms with Crippen LogP contribution in [0.1, 0.15) is 5.69 Å². The molecule has 1 aromatic heterocycles. The standard InChI is InChI=1S/C9H11N3O4/c1-5(8(13)14)12-3-6(11-4-12)2-7(10)9(15)16/h3-4,7H,1-2,10H2,(H,13,14)(H,15,16)/t7-/m0/s1. The highest BCUT2D eigenvalue weighted by Gasteiger charge is 2.15. The molecule has 1 atom stereocenters. The molecule has 7 heteroatoms. The lowest BCUT2D eigenvalue weighted by atomic mass is 10.2. The van der Waals surface area contributed by atoms with Crippen LogP contribution in [-0.2, 0) is 16.0 Å². The van der Waals surface area contributed by atoms with E-state index in [0.29, 0.717) is 5.69 Å². The summed E-state index contributed by atoms with van der Waals surface area (Å²) >= 11 is 0. The molecular weight excluding hydrogens is 214 g/mol. The Balaban J connectivity index is 2.76. The predicted molar refractivity (Wildman–Crippen MR) is 54.5 cm³/mol. The summed E-state index contributed by atoms with van der Waals surface area (Å²) < 4.78 is 1.20. The van der Waals surface area contributed by atoms with Crippen molar-refractivity contribution in [2.45, 2.75) is 12.5 Å². The minimum Gasteiger partial charge on any atom is -0.480 e. The van der Waals surface area contributed by atoms with Gasteiger partial charge in [-0.15, -0.1) is 0 Å². The summed E-state index contributed by atoms with van der Waals surface area (Å²) in [6, 6.07) is -1.05. The Kier molecular flexibility index (Phi) is 3.41. The maximum absolute atomic E-state index is 10.6. The first-order chi connectivity index (χ1) is 7.41. The van der Waals surface area contributed by atoms with Gasteiger partial charge in [0.1, 0.15) is 11.7 Å². The quantitative estimate of drug-likeness (QED) is 0.575.